The van der Waals surface area contributed by atoms with Crippen LogP contribution < -0.4 is 14.4 Å². The maximum absolute atomic E-state index is 5.68. The average Bonchev–Trinajstić information content (AvgIpc) is 3.08. The highest BCUT2D eigenvalue weighted by molar-refractivity contribution is 9.10. The number of aromatic nitrogens is 4. The Bertz CT molecular complexity index is 1020. The molecule has 0 aliphatic heterocycles. The first kappa shape index (κ1) is 23.2. The molecule has 9 nitrogen and oxygen atoms in total. The van der Waals surface area contributed by atoms with Crippen molar-refractivity contribution >= 4 is 27.5 Å². The van der Waals surface area contributed by atoms with E-state index in [1.165, 1.54) is 0 Å². The highest BCUT2D eigenvalue weighted by atomic mass is 79.9. The fraction of sp³-hybridized carbons (Fsp3) is 0.476. The molecule has 168 valence electrons. The highest BCUT2D eigenvalue weighted by Crippen LogP contribution is 2.44. The molecule has 31 heavy (non-hydrogen) atoms. The van der Waals surface area contributed by atoms with Crippen LogP contribution in [0.25, 0.3) is 16.8 Å². The minimum absolute atomic E-state index is 0.551. The number of benzene rings is 1. The van der Waals surface area contributed by atoms with Crippen molar-refractivity contribution in [1.29, 1.82) is 0 Å². The second kappa shape index (κ2) is 10.3. The van der Waals surface area contributed by atoms with Gasteiger partial charge in [0.2, 0.25) is 5.95 Å². The van der Waals surface area contributed by atoms with Crippen LogP contribution in [0.15, 0.2) is 16.6 Å². The highest BCUT2D eigenvalue weighted by Gasteiger charge is 2.25. The summed E-state index contributed by atoms with van der Waals surface area (Å²) in [6, 6.07) is 3.80. The zero-order valence-electron chi connectivity index (χ0n) is 18.7. The Morgan fingerprint density at radius 2 is 1.48 bits per heavy atom. The summed E-state index contributed by atoms with van der Waals surface area (Å²) in [5.74, 6) is 2.65. The summed E-state index contributed by atoms with van der Waals surface area (Å²) in [5, 5.41) is 4.79. The molecule has 1 aromatic carbocycles. The molecule has 0 unspecified atom stereocenters. The largest absolute Gasteiger partial charge is 0.496 e. The molecule has 2 heterocycles. The number of fused-ring (bicyclic) bond motifs is 1. The van der Waals surface area contributed by atoms with E-state index in [1.54, 1.807) is 33.0 Å². The van der Waals surface area contributed by atoms with Crippen LogP contribution in [0, 0.1) is 13.8 Å². The lowest BCUT2D eigenvalue weighted by Gasteiger charge is -2.23. The molecule has 10 heteroatoms. The topological polar surface area (TPSA) is 83.2 Å². The Morgan fingerprint density at radius 1 is 0.903 bits per heavy atom. The summed E-state index contributed by atoms with van der Waals surface area (Å²) in [6.45, 7) is 6.20. The molecule has 0 spiro atoms. The normalized spacial score (nSPS) is 11.2. The summed E-state index contributed by atoms with van der Waals surface area (Å²) in [4.78, 5) is 11.5. The third-order valence-corrected chi connectivity index (χ3v) is 5.35. The molecule has 0 aliphatic rings. The quantitative estimate of drug-likeness (QED) is 0.425. The van der Waals surface area contributed by atoms with E-state index >= 15 is 0 Å². The number of nitrogens with zero attached hydrogens (tertiary/aromatic N) is 5. The summed E-state index contributed by atoms with van der Waals surface area (Å²) < 4.78 is 24.6. The lowest BCUT2D eigenvalue weighted by Crippen LogP contribution is -2.33. The van der Waals surface area contributed by atoms with Crippen molar-refractivity contribution < 1.29 is 18.9 Å². The van der Waals surface area contributed by atoms with Crippen LogP contribution in [0.3, 0.4) is 0 Å². The fourth-order valence-corrected chi connectivity index (χ4v) is 3.88. The minimum atomic E-state index is 0.551. The number of ether oxygens (including phenoxy) is 4. The Kier molecular flexibility index (Phi) is 7.69. The monoisotopic (exact) mass is 493 g/mol. The van der Waals surface area contributed by atoms with E-state index in [1.807, 2.05) is 26.0 Å². The van der Waals surface area contributed by atoms with Gasteiger partial charge in [-0.15, -0.1) is 0 Å². The van der Waals surface area contributed by atoms with Crippen molar-refractivity contribution in [3.63, 3.8) is 0 Å². The number of hydrogen-bond donors (Lipinski definition) is 0. The van der Waals surface area contributed by atoms with Crippen molar-refractivity contribution in [1.82, 2.24) is 19.6 Å². The van der Waals surface area contributed by atoms with Gasteiger partial charge in [-0.25, -0.2) is 4.98 Å². The predicted molar refractivity (Wildman–Crippen MR) is 122 cm³/mol. The maximum atomic E-state index is 5.68. The second-order valence-corrected chi connectivity index (χ2v) is 7.84. The molecule has 0 radical (unpaired) electrons. The zero-order chi connectivity index (χ0) is 22.5. The number of anilines is 1. The molecular formula is C21H28BrN5O4. The van der Waals surface area contributed by atoms with Gasteiger partial charge in [-0.2, -0.15) is 14.6 Å². The molecule has 0 aliphatic carbocycles. The van der Waals surface area contributed by atoms with Crippen molar-refractivity contribution in [2.45, 2.75) is 13.8 Å². The van der Waals surface area contributed by atoms with Crippen molar-refractivity contribution in [2.24, 2.45) is 0 Å². The number of methoxy groups -OCH3 is 4. The van der Waals surface area contributed by atoms with E-state index < -0.39 is 0 Å². The zero-order valence-corrected chi connectivity index (χ0v) is 20.3. The van der Waals surface area contributed by atoms with Gasteiger partial charge in [-0.3, -0.25) is 0 Å². The molecule has 0 bridgehead atoms. The van der Waals surface area contributed by atoms with Crippen LogP contribution in [-0.2, 0) is 9.47 Å². The molecule has 0 fully saturated rings. The molecular weight excluding hydrogens is 466 g/mol. The summed E-state index contributed by atoms with van der Waals surface area (Å²) in [6.07, 6.45) is 0. The molecule has 3 aromatic rings. The van der Waals surface area contributed by atoms with Crippen LogP contribution in [0.2, 0.25) is 0 Å². The fourth-order valence-electron chi connectivity index (χ4n) is 3.47. The van der Waals surface area contributed by atoms with Gasteiger partial charge in [0.1, 0.15) is 17.3 Å². The van der Waals surface area contributed by atoms with E-state index in [0.29, 0.717) is 55.2 Å². The smallest absolute Gasteiger partial charge is 0.230 e. The second-order valence-electron chi connectivity index (χ2n) is 6.92. The standard InChI is InChI=1S/C21H28BrN5O4/c1-13-18(19-16(30-5)11-15(22)12-17(19)31-6)20-23-14(2)24-21(27(20)25-13)26(7-9-28-3)8-10-29-4/h11-12H,7-10H2,1-6H3. The van der Waals surface area contributed by atoms with Crippen molar-refractivity contribution in [3.05, 3.63) is 28.1 Å². The Hall–Kier alpha value is -2.43. The third-order valence-electron chi connectivity index (χ3n) is 4.89. The van der Waals surface area contributed by atoms with Gasteiger partial charge in [-0.1, -0.05) is 15.9 Å². The van der Waals surface area contributed by atoms with Gasteiger partial charge in [0.15, 0.2) is 5.65 Å². The van der Waals surface area contributed by atoms with Crippen molar-refractivity contribution in [3.8, 4) is 22.6 Å². The summed E-state index contributed by atoms with van der Waals surface area (Å²) >= 11 is 3.51. The van der Waals surface area contributed by atoms with Crippen molar-refractivity contribution in [2.75, 3.05) is 59.6 Å². The molecule has 0 amide bonds. The average molecular weight is 494 g/mol. The lowest BCUT2D eigenvalue weighted by molar-refractivity contribution is 0.189. The number of halogens is 1. The molecule has 3 rings (SSSR count). The van der Waals surface area contributed by atoms with E-state index in [-0.39, 0.29) is 0 Å². The Balaban J connectivity index is 2.27. The molecule has 0 atom stereocenters. The number of aryl methyl sites for hydroxylation is 2. The van der Waals surface area contributed by atoms with Gasteiger partial charge in [0, 0.05) is 31.8 Å². The Morgan fingerprint density at radius 3 is 2.00 bits per heavy atom. The van der Waals surface area contributed by atoms with E-state index in [4.69, 9.17) is 29.0 Å². The van der Waals surface area contributed by atoms with Gasteiger partial charge >= 0.3 is 0 Å². The van der Waals surface area contributed by atoms with Crippen LogP contribution in [-0.4, -0.2) is 74.3 Å². The van der Waals surface area contributed by atoms with Gasteiger partial charge in [-0.05, 0) is 26.0 Å². The van der Waals surface area contributed by atoms with Crippen LogP contribution in [0.5, 0.6) is 11.5 Å². The van der Waals surface area contributed by atoms with Crippen LogP contribution >= 0.6 is 15.9 Å². The van der Waals surface area contributed by atoms with Gasteiger partial charge in [0.25, 0.3) is 0 Å². The molecule has 0 saturated carbocycles. The summed E-state index contributed by atoms with van der Waals surface area (Å²) in [5.41, 5.74) is 3.11. The van der Waals surface area contributed by atoms with E-state index in [9.17, 15) is 0 Å². The Labute approximate surface area is 190 Å². The molecule has 0 saturated heterocycles. The minimum Gasteiger partial charge on any atom is -0.496 e. The first-order chi connectivity index (χ1) is 14.9. The lowest BCUT2D eigenvalue weighted by atomic mass is 10.0. The van der Waals surface area contributed by atoms with Crippen LogP contribution in [0.4, 0.5) is 5.95 Å². The predicted octanol–water partition coefficient (Wildman–Crippen LogP) is 3.29. The third kappa shape index (κ3) is 4.76. The maximum Gasteiger partial charge on any atom is 0.230 e. The number of hydrogen-bond acceptors (Lipinski definition) is 8. The first-order valence-electron chi connectivity index (χ1n) is 9.83. The van der Waals surface area contributed by atoms with E-state index in [2.05, 4.69) is 25.8 Å². The molecule has 0 N–H and O–H groups in total. The van der Waals surface area contributed by atoms with Gasteiger partial charge in [0.05, 0.1) is 44.3 Å². The van der Waals surface area contributed by atoms with Crippen LogP contribution in [0.1, 0.15) is 11.5 Å². The number of rotatable bonds is 10. The SMILES string of the molecule is COCCN(CCOC)c1nc(C)nc2c(-c3c(OC)cc(Br)cc3OC)c(C)nn12. The first-order valence-corrected chi connectivity index (χ1v) is 10.6. The molecule has 2 aromatic heterocycles. The van der Waals surface area contributed by atoms with Gasteiger partial charge < -0.3 is 23.8 Å². The summed E-state index contributed by atoms with van der Waals surface area (Å²) in [7, 11) is 6.62. The van der Waals surface area contributed by atoms with E-state index in [0.717, 1.165) is 21.3 Å².